The van der Waals surface area contributed by atoms with Crippen LogP contribution in [0.1, 0.15) is 35.3 Å². The average molecular weight is 246 g/mol. The molecule has 0 spiro atoms. The predicted molar refractivity (Wildman–Crippen MR) is 57.4 cm³/mol. The third kappa shape index (κ3) is 2.60. The Morgan fingerprint density at radius 1 is 1.35 bits per heavy atom. The summed E-state index contributed by atoms with van der Waals surface area (Å²) in [6.07, 6.45) is -4.17. The van der Waals surface area contributed by atoms with Gasteiger partial charge in [-0.25, -0.2) is 0 Å². The van der Waals surface area contributed by atoms with Crippen LogP contribution in [0.25, 0.3) is 0 Å². The number of ketones is 1. The molecule has 2 nitrogen and oxygen atoms in total. The normalized spacial score (nSPS) is 11.4. The van der Waals surface area contributed by atoms with E-state index in [1.165, 1.54) is 20.1 Å². The summed E-state index contributed by atoms with van der Waals surface area (Å²) >= 11 is 0. The van der Waals surface area contributed by atoms with Crippen molar-refractivity contribution in [2.45, 2.75) is 26.4 Å². The van der Waals surface area contributed by atoms with E-state index in [0.29, 0.717) is 12.0 Å². The van der Waals surface area contributed by atoms with E-state index in [4.69, 9.17) is 4.74 Å². The molecule has 5 heteroatoms. The maximum Gasteiger partial charge on any atom is 0.419 e. The third-order valence-corrected chi connectivity index (χ3v) is 2.50. The Bertz CT molecular complexity index is 436. The molecule has 0 atom stereocenters. The van der Waals surface area contributed by atoms with Gasteiger partial charge in [-0.3, -0.25) is 4.79 Å². The van der Waals surface area contributed by atoms with Crippen molar-refractivity contribution < 1.29 is 22.7 Å². The minimum absolute atomic E-state index is 0.257. The van der Waals surface area contributed by atoms with Gasteiger partial charge in [-0.2, -0.15) is 13.2 Å². The minimum Gasteiger partial charge on any atom is -0.496 e. The first-order chi connectivity index (χ1) is 7.82. The molecule has 17 heavy (non-hydrogen) atoms. The highest BCUT2D eigenvalue weighted by Gasteiger charge is 2.35. The molecular weight excluding hydrogens is 233 g/mol. The zero-order valence-corrected chi connectivity index (χ0v) is 9.81. The molecule has 0 aliphatic rings. The van der Waals surface area contributed by atoms with Gasteiger partial charge < -0.3 is 4.74 Å². The Balaban J connectivity index is 3.54. The standard InChI is InChI=1S/C12H13F3O2/c1-4-8-9(7(2)16)5-6-10(11(8)17-3)12(13,14)15/h5-6H,4H2,1-3H3. The number of benzene rings is 1. The number of halogens is 3. The van der Waals surface area contributed by atoms with E-state index in [2.05, 4.69) is 0 Å². The van der Waals surface area contributed by atoms with Crippen LogP contribution in [0.5, 0.6) is 5.75 Å². The maximum absolute atomic E-state index is 12.7. The van der Waals surface area contributed by atoms with Crippen LogP contribution in [-0.2, 0) is 12.6 Å². The molecule has 0 aromatic heterocycles. The van der Waals surface area contributed by atoms with Crippen LogP contribution in [0, 0.1) is 0 Å². The molecule has 0 bridgehead atoms. The summed E-state index contributed by atoms with van der Waals surface area (Å²) in [6, 6.07) is 2.08. The predicted octanol–water partition coefficient (Wildman–Crippen LogP) is 3.48. The molecule has 0 N–H and O–H groups in total. The van der Waals surface area contributed by atoms with Crippen molar-refractivity contribution in [2.75, 3.05) is 7.11 Å². The molecule has 0 unspecified atom stereocenters. The Kier molecular flexibility index (Phi) is 3.80. The molecule has 0 aliphatic heterocycles. The van der Waals surface area contributed by atoms with E-state index in [1.54, 1.807) is 6.92 Å². The summed E-state index contributed by atoms with van der Waals surface area (Å²) < 4.78 is 43.0. The quantitative estimate of drug-likeness (QED) is 0.763. The van der Waals surface area contributed by atoms with Crippen molar-refractivity contribution in [3.05, 3.63) is 28.8 Å². The van der Waals surface area contributed by atoms with Crippen molar-refractivity contribution in [3.8, 4) is 5.75 Å². The lowest BCUT2D eigenvalue weighted by Crippen LogP contribution is -2.11. The third-order valence-electron chi connectivity index (χ3n) is 2.50. The topological polar surface area (TPSA) is 26.3 Å². The number of ether oxygens (including phenoxy) is 1. The number of carbonyl (C=O) groups is 1. The zero-order chi connectivity index (χ0) is 13.2. The fourth-order valence-corrected chi connectivity index (χ4v) is 1.77. The molecule has 0 radical (unpaired) electrons. The SMILES string of the molecule is CCc1c(C(C)=O)ccc(C(F)(F)F)c1OC. The van der Waals surface area contributed by atoms with Crippen LogP contribution in [0.4, 0.5) is 13.2 Å². The molecule has 0 amide bonds. The molecular formula is C12H13F3O2. The van der Waals surface area contributed by atoms with Gasteiger partial charge in [0.15, 0.2) is 5.78 Å². The van der Waals surface area contributed by atoms with Gasteiger partial charge in [-0.15, -0.1) is 0 Å². The van der Waals surface area contributed by atoms with Crippen molar-refractivity contribution in [1.82, 2.24) is 0 Å². The van der Waals surface area contributed by atoms with Crippen LogP contribution in [0.2, 0.25) is 0 Å². The first kappa shape index (κ1) is 13.5. The number of hydrogen-bond donors (Lipinski definition) is 0. The zero-order valence-electron chi connectivity index (χ0n) is 9.81. The first-order valence-electron chi connectivity index (χ1n) is 5.10. The summed E-state index contributed by atoms with van der Waals surface area (Å²) in [5, 5.41) is 0. The smallest absolute Gasteiger partial charge is 0.419 e. The van der Waals surface area contributed by atoms with E-state index in [9.17, 15) is 18.0 Å². The number of rotatable bonds is 3. The van der Waals surface area contributed by atoms with Crippen molar-refractivity contribution in [1.29, 1.82) is 0 Å². The Hall–Kier alpha value is -1.52. The second kappa shape index (κ2) is 4.77. The molecule has 1 rings (SSSR count). The fraction of sp³-hybridized carbons (Fsp3) is 0.417. The molecule has 1 aromatic carbocycles. The van der Waals surface area contributed by atoms with E-state index < -0.39 is 11.7 Å². The number of Topliss-reactive ketones (excluding diaryl/α,β-unsaturated/α-hetero) is 1. The molecule has 0 saturated carbocycles. The van der Waals surface area contributed by atoms with Crippen molar-refractivity contribution in [3.63, 3.8) is 0 Å². The molecule has 0 heterocycles. The highest BCUT2D eigenvalue weighted by atomic mass is 19.4. The first-order valence-corrected chi connectivity index (χ1v) is 5.10. The summed E-state index contributed by atoms with van der Waals surface area (Å²) in [6.45, 7) is 3.01. The number of hydrogen-bond acceptors (Lipinski definition) is 2. The monoisotopic (exact) mass is 246 g/mol. The maximum atomic E-state index is 12.7. The molecule has 0 fully saturated rings. The van der Waals surface area contributed by atoms with Gasteiger partial charge in [0.1, 0.15) is 5.75 Å². The van der Waals surface area contributed by atoms with Crippen LogP contribution < -0.4 is 4.74 Å². The molecule has 0 saturated heterocycles. The lowest BCUT2D eigenvalue weighted by Gasteiger charge is -2.17. The largest absolute Gasteiger partial charge is 0.496 e. The number of carbonyl (C=O) groups excluding carboxylic acids is 1. The summed E-state index contributed by atoms with van der Waals surface area (Å²) in [4.78, 5) is 11.3. The second-order valence-corrected chi connectivity index (χ2v) is 3.58. The Morgan fingerprint density at radius 2 is 1.94 bits per heavy atom. The van der Waals surface area contributed by atoms with Gasteiger partial charge in [0, 0.05) is 11.1 Å². The van der Waals surface area contributed by atoms with Crippen LogP contribution in [0.3, 0.4) is 0 Å². The van der Waals surface area contributed by atoms with E-state index in [0.717, 1.165) is 6.07 Å². The van der Waals surface area contributed by atoms with Crippen LogP contribution >= 0.6 is 0 Å². The Morgan fingerprint density at radius 3 is 2.29 bits per heavy atom. The average Bonchev–Trinajstić information content (AvgIpc) is 2.25. The van der Waals surface area contributed by atoms with Gasteiger partial charge >= 0.3 is 6.18 Å². The van der Waals surface area contributed by atoms with Gasteiger partial charge in [0.05, 0.1) is 12.7 Å². The van der Waals surface area contributed by atoms with Gasteiger partial charge in [-0.1, -0.05) is 13.0 Å². The lowest BCUT2D eigenvalue weighted by atomic mass is 9.97. The number of alkyl halides is 3. The van der Waals surface area contributed by atoms with Gasteiger partial charge in [0.25, 0.3) is 0 Å². The minimum atomic E-state index is -4.48. The van der Waals surface area contributed by atoms with Gasteiger partial charge in [0.2, 0.25) is 0 Å². The van der Waals surface area contributed by atoms with E-state index in [1.807, 2.05) is 0 Å². The summed E-state index contributed by atoms with van der Waals surface area (Å²) in [7, 11) is 1.17. The number of methoxy groups -OCH3 is 1. The van der Waals surface area contributed by atoms with Crippen LogP contribution in [0.15, 0.2) is 12.1 Å². The lowest BCUT2D eigenvalue weighted by molar-refractivity contribution is -0.138. The van der Waals surface area contributed by atoms with Crippen LogP contribution in [-0.4, -0.2) is 12.9 Å². The highest BCUT2D eigenvalue weighted by molar-refractivity contribution is 5.96. The van der Waals surface area contributed by atoms with Crippen molar-refractivity contribution >= 4 is 5.78 Å². The molecule has 1 aromatic rings. The summed E-state index contributed by atoms with van der Waals surface area (Å²) in [5.41, 5.74) is -0.269. The molecule has 0 aliphatic carbocycles. The molecule has 94 valence electrons. The Labute approximate surface area is 97.4 Å². The van der Waals surface area contributed by atoms with E-state index >= 15 is 0 Å². The van der Waals surface area contributed by atoms with Gasteiger partial charge in [-0.05, 0) is 19.4 Å². The highest BCUT2D eigenvalue weighted by Crippen LogP contribution is 2.39. The summed E-state index contributed by atoms with van der Waals surface area (Å²) in [5.74, 6) is -0.526. The second-order valence-electron chi connectivity index (χ2n) is 3.58. The fourth-order valence-electron chi connectivity index (χ4n) is 1.77. The van der Waals surface area contributed by atoms with E-state index in [-0.39, 0.29) is 17.1 Å². The van der Waals surface area contributed by atoms with Crippen molar-refractivity contribution in [2.24, 2.45) is 0 Å².